The number of pyridine rings is 1. The Morgan fingerprint density at radius 3 is 2.25 bits per heavy atom. The zero-order valence-corrected chi connectivity index (χ0v) is 7.44. The molecule has 1 aromatic heterocycles. The lowest BCUT2D eigenvalue weighted by atomic mass is 10.2. The van der Waals surface area contributed by atoms with Crippen LogP contribution in [0.15, 0.2) is 10.9 Å². The fraction of sp³-hybridized carbons (Fsp3) is 0.250. The monoisotopic (exact) mass is 241 g/mol. The standard InChI is InChI=1S/C8H4F5NO2/c9-7(10)6-3(2-15)4(16)1-5(14-6)8(11,12)13/h1-2,7H,(H,14,16). The van der Waals surface area contributed by atoms with Gasteiger partial charge in [0.2, 0.25) is 0 Å². The van der Waals surface area contributed by atoms with Gasteiger partial charge >= 0.3 is 6.18 Å². The van der Waals surface area contributed by atoms with Crippen LogP contribution in [-0.4, -0.2) is 11.3 Å². The van der Waals surface area contributed by atoms with Gasteiger partial charge in [0.25, 0.3) is 6.43 Å². The summed E-state index contributed by atoms with van der Waals surface area (Å²) in [4.78, 5) is 22.6. The number of aromatic nitrogens is 1. The summed E-state index contributed by atoms with van der Waals surface area (Å²) in [5.74, 6) is 0. The van der Waals surface area contributed by atoms with Gasteiger partial charge in [0.15, 0.2) is 11.7 Å². The number of carbonyl (C=O) groups is 1. The SMILES string of the molecule is O=Cc1c(C(F)F)[nH]c(C(F)(F)F)cc1=O. The molecule has 1 N–H and O–H groups in total. The predicted molar refractivity (Wildman–Crippen MR) is 42.4 cm³/mol. The molecule has 0 saturated carbocycles. The van der Waals surface area contributed by atoms with Crippen LogP contribution >= 0.6 is 0 Å². The molecule has 1 heterocycles. The smallest absolute Gasteiger partial charge is 0.349 e. The first-order valence-corrected chi connectivity index (χ1v) is 3.85. The molecular weight excluding hydrogens is 237 g/mol. The molecule has 0 spiro atoms. The Kier molecular flexibility index (Phi) is 3.11. The highest BCUT2D eigenvalue weighted by Crippen LogP contribution is 2.28. The van der Waals surface area contributed by atoms with Crippen LogP contribution in [0.2, 0.25) is 0 Å². The van der Waals surface area contributed by atoms with Crippen LogP contribution in [0.4, 0.5) is 22.0 Å². The van der Waals surface area contributed by atoms with Gasteiger partial charge in [-0.2, -0.15) is 13.2 Å². The van der Waals surface area contributed by atoms with Gasteiger partial charge < -0.3 is 4.98 Å². The summed E-state index contributed by atoms with van der Waals surface area (Å²) < 4.78 is 61.0. The number of nitrogens with one attached hydrogen (secondary N) is 1. The second-order valence-corrected chi connectivity index (χ2v) is 2.79. The van der Waals surface area contributed by atoms with Crippen molar-refractivity contribution < 1.29 is 26.7 Å². The van der Waals surface area contributed by atoms with Crippen molar-refractivity contribution in [2.75, 3.05) is 0 Å². The van der Waals surface area contributed by atoms with Gasteiger partial charge in [0, 0.05) is 6.07 Å². The highest BCUT2D eigenvalue weighted by molar-refractivity contribution is 5.76. The first kappa shape index (κ1) is 12.3. The molecule has 1 aromatic rings. The molecule has 0 unspecified atom stereocenters. The molecule has 1 rings (SSSR count). The van der Waals surface area contributed by atoms with Crippen LogP contribution in [0.25, 0.3) is 0 Å². The fourth-order valence-electron chi connectivity index (χ4n) is 1.04. The van der Waals surface area contributed by atoms with Gasteiger partial charge in [-0.25, -0.2) is 8.78 Å². The lowest BCUT2D eigenvalue weighted by Crippen LogP contribution is -2.20. The molecule has 0 saturated heterocycles. The molecule has 0 fully saturated rings. The first-order valence-electron chi connectivity index (χ1n) is 3.85. The van der Waals surface area contributed by atoms with Crippen molar-refractivity contribution in [3.05, 3.63) is 33.2 Å². The minimum absolute atomic E-state index is 0.0651. The van der Waals surface area contributed by atoms with Crippen molar-refractivity contribution in [1.29, 1.82) is 0 Å². The van der Waals surface area contributed by atoms with Gasteiger partial charge in [-0.1, -0.05) is 0 Å². The zero-order valence-electron chi connectivity index (χ0n) is 7.44. The Hall–Kier alpha value is -1.73. The number of halogens is 5. The number of aromatic amines is 1. The maximum atomic E-state index is 12.3. The number of hydrogen-bond acceptors (Lipinski definition) is 2. The highest BCUT2D eigenvalue weighted by Gasteiger charge is 2.34. The summed E-state index contributed by atoms with van der Waals surface area (Å²) in [7, 11) is 0. The molecular formula is C8H4F5NO2. The summed E-state index contributed by atoms with van der Waals surface area (Å²) in [5.41, 5.74) is -5.33. The summed E-state index contributed by atoms with van der Waals surface area (Å²) in [6.07, 6.45) is -8.53. The van der Waals surface area contributed by atoms with Gasteiger partial charge in [-0.3, -0.25) is 9.59 Å². The van der Waals surface area contributed by atoms with Crippen LogP contribution in [0.3, 0.4) is 0 Å². The quantitative estimate of drug-likeness (QED) is 0.637. The number of carbonyl (C=O) groups excluding carboxylic acids is 1. The first-order chi connectivity index (χ1) is 7.27. The average Bonchev–Trinajstić information content (AvgIpc) is 2.14. The van der Waals surface area contributed by atoms with Crippen LogP contribution in [-0.2, 0) is 6.18 Å². The van der Waals surface area contributed by atoms with Crippen molar-refractivity contribution >= 4 is 6.29 Å². The molecule has 0 amide bonds. The number of alkyl halides is 5. The van der Waals surface area contributed by atoms with Gasteiger partial charge in [-0.15, -0.1) is 0 Å². The topological polar surface area (TPSA) is 49.9 Å². The molecule has 0 aliphatic heterocycles. The predicted octanol–water partition coefficient (Wildman–Crippen LogP) is 2.14. The summed E-state index contributed by atoms with van der Waals surface area (Å²) >= 11 is 0. The third kappa shape index (κ3) is 2.26. The molecule has 0 aliphatic carbocycles. The van der Waals surface area contributed by atoms with Gasteiger partial charge in [-0.05, 0) is 0 Å². The number of hydrogen-bond donors (Lipinski definition) is 1. The van der Waals surface area contributed by atoms with E-state index in [1.807, 2.05) is 0 Å². The molecule has 0 atom stereocenters. The summed E-state index contributed by atoms with van der Waals surface area (Å²) in [6.45, 7) is 0. The second kappa shape index (κ2) is 4.03. The molecule has 8 heteroatoms. The third-order valence-electron chi connectivity index (χ3n) is 1.74. The van der Waals surface area contributed by atoms with E-state index in [1.54, 1.807) is 0 Å². The lowest BCUT2D eigenvalue weighted by molar-refractivity contribution is -0.141. The Labute approximate surface area is 84.9 Å². The Balaban J connectivity index is 3.52. The van der Waals surface area contributed by atoms with Crippen molar-refractivity contribution in [3.63, 3.8) is 0 Å². The summed E-state index contributed by atoms with van der Waals surface area (Å²) in [5, 5.41) is 0. The number of rotatable bonds is 2. The molecule has 88 valence electrons. The maximum Gasteiger partial charge on any atom is 0.431 e. The van der Waals surface area contributed by atoms with E-state index in [-0.39, 0.29) is 12.4 Å². The van der Waals surface area contributed by atoms with E-state index in [0.717, 1.165) is 0 Å². The second-order valence-electron chi connectivity index (χ2n) is 2.79. The minimum atomic E-state index is -4.95. The van der Waals surface area contributed by atoms with Crippen molar-refractivity contribution in [1.82, 2.24) is 4.98 Å². The Morgan fingerprint density at radius 2 is 1.88 bits per heavy atom. The Bertz CT molecular complexity index is 462. The van der Waals surface area contributed by atoms with Crippen LogP contribution in [0.5, 0.6) is 0 Å². The van der Waals surface area contributed by atoms with Gasteiger partial charge in [0.1, 0.15) is 5.69 Å². The zero-order chi connectivity index (χ0) is 12.5. The lowest BCUT2D eigenvalue weighted by Gasteiger charge is -2.10. The van der Waals surface area contributed by atoms with E-state index in [0.29, 0.717) is 0 Å². The van der Waals surface area contributed by atoms with Crippen LogP contribution < -0.4 is 5.43 Å². The minimum Gasteiger partial charge on any atom is -0.349 e. The van der Waals surface area contributed by atoms with Crippen LogP contribution in [0, 0.1) is 0 Å². The van der Waals surface area contributed by atoms with Crippen molar-refractivity contribution in [2.24, 2.45) is 0 Å². The highest BCUT2D eigenvalue weighted by atomic mass is 19.4. The van der Waals surface area contributed by atoms with Crippen molar-refractivity contribution in [3.8, 4) is 0 Å². The normalized spacial score (nSPS) is 11.9. The van der Waals surface area contributed by atoms with E-state index in [2.05, 4.69) is 0 Å². The molecule has 0 radical (unpaired) electrons. The maximum absolute atomic E-state index is 12.3. The van der Waals surface area contributed by atoms with E-state index >= 15 is 0 Å². The van der Waals surface area contributed by atoms with E-state index in [4.69, 9.17) is 0 Å². The largest absolute Gasteiger partial charge is 0.431 e. The molecule has 16 heavy (non-hydrogen) atoms. The fourth-order valence-corrected chi connectivity index (χ4v) is 1.04. The summed E-state index contributed by atoms with van der Waals surface area (Å²) in [6, 6.07) is 0.0651. The van der Waals surface area contributed by atoms with Gasteiger partial charge in [0.05, 0.1) is 11.3 Å². The average molecular weight is 241 g/mol. The molecule has 0 aliphatic rings. The van der Waals surface area contributed by atoms with E-state index in [1.165, 1.54) is 4.98 Å². The molecule has 0 aromatic carbocycles. The van der Waals surface area contributed by atoms with E-state index in [9.17, 15) is 31.5 Å². The third-order valence-corrected chi connectivity index (χ3v) is 1.74. The van der Waals surface area contributed by atoms with Crippen LogP contribution in [0.1, 0.15) is 28.2 Å². The number of aldehydes is 1. The Morgan fingerprint density at radius 1 is 1.31 bits per heavy atom. The number of H-pyrrole nitrogens is 1. The van der Waals surface area contributed by atoms with E-state index < -0.39 is 35.0 Å². The molecule has 3 nitrogen and oxygen atoms in total. The molecule has 0 bridgehead atoms. The van der Waals surface area contributed by atoms with Crippen molar-refractivity contribution in [2.45, 2.75) is 12.6 Å².